The average Bonchev–Trinajstić information content (AvgIpc) is 2.98. The van der Waals surface area contributed by atoms with E-state index in [0.29, 0.717) is 25.4 Å². The van der Waals surface area contributed by atoms with Crippen LogP contribution in [0.1, 0.15) is 77.2 Å². The summed E-state index contributed by atoms with van der Waals surface area (Å²) in [7, 11) is 1.37. The Morgan fingerprint density at radius 1 is 1.20 bits per heavy atom. The van der Waals surface area contributed by atoms with Crippen LogP contribution in [0.5, 0.6) is 0 Å². The zero-order valence-corrected chi connectivity index (χ0v) is 24.9. The molecule has 8 heteroatoms. The van der Waals surface area contributed by atoms with Crippen LogP contribution in [-0.4, -0.2) is 61.7 Å². The SMILES string of the molecule is CCCCNC(=O)C[C@H]1C[C@@]2(C(=O)OC)C(=C[C@H](COCc3ccccc3)O[C@@H]2C)N(CCC2=CCCCC2)C1=O. The predicted octanol–water partition coefficient (Wildman–Crippen LogP) is 5.08. The van der Waals surface area contributed by atoms with Gasteiger partial charge in [0.15, 0.2) is 0 Å². The molecule has 0 saturated carbocycles. The highest BCUT2D eigenvalue weighted by Crippen LogP contribution is 2.50. The molecule has 0 unspecified atom stereocenters. The first-order chi connectivity index (χ1) is 19.9. The third-order valence-electron chi connectivity index (χ3n) is 8.62. The first-order valence-electron chi connectivity index (χ1n) is 15.2. The van der Waals surface area contributed by atoms with Crippen LogP contribution < -0.4 is 5.32 Å². The van der Waals surface area contributed by atoms with Crippen LogP contribution in [0, 0.1) is 11.3 Å². The lowest BCUT2D eigenvalue weighted by atomic mass is 9.66. The predicted molar refractivity (Wildman–Crippen MR) is 156 cm³/mol. The molecule has 1 N–H and O–H groups in total. The van der Waals surface area contributed by atoms with E-state index in [1.54, 1.807) is 4.90 Å². The lowest BCUT2D eigenvalue weighted by Gasteiger charge is -2.51. The molecule has 0 bridgehead atoms. The number of hydrogen-bond acceptors (Lipinski definition) is 6. The number of rotatable bonds is 13. The fraction of sp³-hybridized carbons (Fsp3) is 0.606. The Kier molecular flexibility index (Phi) is 11.2. The van der Waals surface area contributed by atoms with Crippen LogP contribution >= 0.6 is 0 Å². The maximum Gasteiger partial charge on any atom is 0.320 e. The van der Waals surface area contributed by atoms with Crippen molar-refractivity contribution in [3.63, 3.8) is 0 Å². The topological polar surface area (TPSA) is 94.2 Å². The van der Waals surface area contributed by atoms with E-state index in [1.807, 2.05) is 43.3 Å². The van der Waals surface area contributed by atoms with E-state index in [9.17, 15) is 14.4 Å². The van der Waals surface area contributed by atoms with Crippen molar-refractivity contribution in [1.82, 2.24) is 10.2 Å². The maximum absolute atomic E-state index is 14.0. The molecule has 2 amide bonds. The quantitative estimate of drug-likeness (QED) is 0.203. The molecule has 1 saturated heterocycles. The molecule has 8 nitrogen and oxygen atoms in total. The number of hydrogen-bond donors (Lipinski definition) is 1. The Hall–Kier alpha value is -2.97. The van der Waals surface area contributed by atoms with Gasteiger partial charge in [-0.05, 0) is 63.5 Å². The molecule has 1 fully saturated rings. The number of amides is 2. The van der Waals surface area contributed by atoms with E-state index in [1.165, 1.54) is 19.1 Å². The summed E-state index contributed by atoms with van der Waals surface area (Å²) in [6.07, 6.45) is 10.4. The largest absolute Gasteiger partial charge is 0.468 e. The maximum atomic E-state index is 14.0. The van der Waals surface area contributed by atoms with Crippen molar-refractivity contribution in [2.45, 2.75) is 90.4 Å². The number of esters is 1. The number of nitrogens with one attached hydrogen (secondary N) is 1. The number of ether oxygens (including phenoxy) is 3. The second-order valence-corrected chi connectivity index (χ2v) is 11.5. The summed E-state index contributed by atoms with van der Waals surface area (Å²) in [6, 6.07) is 9.92. The highest BCUT2D eigenvalue weighted by Gasteiger charge is 2.59. The molecule has 4 rings (SSSR count). The fourth-order valence-corrected chi connectivity index (χ4v) is 6.34. The van der Waals surface area contributed by atoms with Gasteiger partial charge in [0, 0.05) is 31.1 Å². The van der Waals surface area contributed by atoms with Crippen LogP contribution in [0.2, 0.25) is 0 Å². The van der Waals surface area contributed by atoms with Crippen molar-refractivity contribution in [3.8, 4) is 0 Å². The van der Waals surface area contributed by atoms with E-state index in [4.69, 9.17) is 14.2 Å². The molecule has 1 aromatic rings. The summed E-state index contributed by atoms with van der Waals surface area (Å²) >= 11 is 0. The molecule has 41 heavy (non-hydrogen) atoms. The Balaban J connectivity index is 1.61. The van der Waals surface area contributed by atoms with E-state index in [0.717, 1.165) is 44.1 Å². The number of piperidine rings is 1. The van der Waals surface area contributed by atoms with Gasteiger partial charge in [0.1, 0.15) is 11.5 Å². The molecule has 4 atom stereocenters. The van der Waals surface area contributed by atoms with E-state index < -0.39 is 29.5 Å². The summed E-state index contributed by atoms with van der Waals surface area (Å²) in [6.45, 7) is 5.68. The zero-order chi connectivity index (χ0) is 29.2. The number of likely N-dealkylation sites (tertiary alicyclic amines) is 1. The minimum atomic E-state index is -1.19. The molecule has 2 heterocycles. The fourth-order valence-electron chi connectivity index (χ4n) is 6.34. The third kappa shape index (κ3) is 7.46. The van der Waals surface area contributed by atoms with Crippen LogP contribution in [0.15, 0.2) is 53.8 Å². The molecule has 1 aliphatic carbocycles. The minimum absolute atomic E-state index is 0.0318. The van der Waals surface area contributed by atoms with Crippen LogP contribution in [0.4, 0.5) is 0 Å². The highest BCUT2D eigenvalue weighted by molar-refractivity contribution is 5.92. The van der Waals surface area contributed by atoms with Crippen LogP contribution in [0.25, 0.3) is 0 Å². The van der Waals surface area contributed by atoms with E-state index in [2.05, 4.69) is 18.3 Å². The minimum Gasteiger partial charge on any atom is -0.468 e. The van der Waals surface area contributed by atoms with Crippen molar-refractivity contribution < 1.29 is 28.6 Å². The molecule has 0 spiro atoms. The molecule has 0 aromatic heterocycles. The summed E-state index contributed by atoms with van der Waals surface area (Å²) in [5, 5.41) is 2.94. The highest BCUT2D eigenvalue weighted by atomic mass is 16.5. The van der Waals surface area contributed by atoms with E-state index >= 15 is 0 Å². The number of carbonyl (C=O) groups excluding carboxylic acids is 3. The lowest BCUT2D eigenvalue weighted by molar-refractivity contribution is -0.178. The number of fused-ring (bicyclic) bond motifs is 1. The van der Waals surface area contributed by atoms with Crippen molar-refractivity contribution in [2.24, 2.45) is 11.3 Å². The molecular formula is C33H46N2O6. The van der Waals surface area contributed by atoms with Gasteiger partial charge in [-0.25, -0.2) is 0 Å². The summed E-state index contributed by atoms with van der Waals surface area (Å²) in [5.74, 6) is -1.37. The van der Waals surface area contributed by atoms with Crippen molar-refractivity contribution in [3.05, 3.63) is 59.3 Å². The Morgan fingerprint density at radius 2 is 2.00 bits per heavy atom. The first kappa shape index (κ1) is 31.0. The number of benzene rings is 1. The normalized spacial score (nSPS) is 26.1. The Labute approximate surface area is 244 Å². The van der Waals surface area contributed by atoms with Crippen molar-refractivity contribution in [1.29, 1.82) is 0 Å². The van der Waals surface area contributed by atoms with Gasteiger partial charge in [0.05, 0.1) is 26.4 Å². The standard InChI is InChI=1S/C33H46N2O6/c1-4-5-17-34-30(36)19-27-21-33(32(38)39-3)24(2)41-28(23-40-22-26-14-10-7-11-15-26)20-29(33)35(31(27)37)18-16-25-12-8-6-9-13-25/h7,10-12,14-15,20,24,27-28H,4-6,8-9,13,16-19,21-23H2,1-3H3,(H,34,36)/t24-,27+,28-,33+/m1/s1. The average molecular weight is 567 g/mol. The number of nitrogens with zero attached hydrogens (tertiary/aromatic N) is 1. The monoisotopic (exact) mass is 566 g/mol. The smallest absolute Gasteiger partial charge is 0.320 e. The number of unbranched alkanes of at least 4 members (excludes halogenated alkanes) is 1. The second kappa shape index (κ2) is 14.8. The van der Waals surface area contributed by atoms with Gasteiger partial charge >= 0.3 is 5.97 Å². The second-order valence-electron chi connectivity index (χ2n) is 11.5. The Bertz CT molecular complexity index is 1120. The summed E-state index contributed by atoms with van der Waals surface area (Å²) in [4.78, 5) is 42.3. The van der Waals surface area contributed by atoms with Crippen LogP contribution in [-0.2, 0) is 35.2 Å². The Morgan fingerprint density at radius 3 is 2.71 bits per heavy atom. The van der Waals surface area contributed by atoms with Gasteiger partial charge < -0.3 is 24.4 Å². The van der Waals surface area contributed by atoms with Gasteiger partial charge in [-0.2, -0.15) is 0 Å². The zero-order valence-electron chi connectivity index (χ0n) is 24.9. The first-order valence-corrected chi connectivity index (χ1v) is 15.2. The molecular weight excluding hydrogens is 520 g/mol. The molecule has 0 radical (unpaired) electrons. The van der Waals surface area contributed by atoms with Gasteiger partial charge in [-0.15, -0.1) is 0 Å². The number of methoxy groups -OCH3 is 1. The molecule has 224 valence electrons. The van der Waals surface area contributed by atoms with Crippen molar-refractivity contribution >= 4 is 17.8 Å². The van der Waals surface area contributed by atoms with Gasteiger partial charge in [0.2, 0.25) is 11.8 Å². The number of carbonyl (C=O) groups is 3. The molecule has 1 aromatic carbocycles. The van der Waals surface area contributed by atoms with E-state index in [-0.39, 0.29) is 31.3 Å². The van der Waals surface area contributed by atoms with Gasteiger partial charge in [-0.1, -0.05) is 55.3 Å². The van der Waals surface area contributed by atoms with Crippen LogP contribution in [0.3, 0.4) is 0 Å². The van der Waals surface area contributed by atoms with Gasteiger partial charge in [0.25, 0.3) is 0 Å². The lowest BCUT2D eigenvalue weighted by Crippen LogP contribution is -2.60. The van der Waals surface area contributed by atoms with Gasteiger partial charge in [-0.3, -0.25) is 14.4 Å². The third-order valence-corrected chi connectivity index (χ3v) is 8.62. The number of allylic oxidation sites excluding steroid dienone is 1. The molecule has 2 aliphatic heterocycles. The summed E-state index contributed by atoms with van der Waals surface area (Å²) in [5.41, 5.74) is 1.84. The molecule has 3 aliphatic rings. The summed E-state index contributed by atoms with van der Waals surface area (Å²) < 4.78 is 17.7. The van der Waals surface area contributed by atoms with Crippen molar-refractivity contribution in [2.75, 3.05) is 26.8 Å².